The molecular formula is C27H30F3N5O2. The predicted octanol–water partition coefficient (Wildman–Crippen LogP) is 4.95. The van der Waals surface area contributed by atoms with Gasteiger partial charge in [0.1, 0.15) is 5.82 Å². The molecule has 1 amide bonds. The van der Waals surface area contributed by atoms with Crippen LogP contribution < -0.4 is 10.2 Å². The molecule has 7 nitrogen and oxygen atoms in total. The second kappa shape index (κ2) is 10.9. The third-order valence-corrected chi connectivity index (χ3v) is 7.29. The number of nitrogens with zero attached hydrogens (tertiary/aromatic N) is 4. The van der Waals surface area contributed by atoms with E-state index in [9.17, 15) is 18.0 Å². The van der Waals surface area contributed by atoms with Crippen molar-refractivity contribution in [2.45, 2.75) is 32.2 Å². The van der Waals surface area contributed by atoms with Crippen LogP contribution in [0.25, 0.3) is 10.9 Å². The van der Waals surface area contributed by atoms with Crippen molar-refractivity contribution in [3.63, 3.8) is 0 Å². The highest BCUT2D eigenvalue weighted by Gasteiger charge is 2.29. The Morgan fingerprint density at radius 1 is 1.08 bits per heavy atom. The topological polar surface area (TPSA) is 70.6 Å². The number of amides is 1. The molecule has 2 fully saturated rings. The van der Waals surface area contributed by atoms with Crippen LogP contribution in [0.2, 0.25) is 0 Å². The minimum Gasteiger partial charge on any atom is -0.378 e. The second-order valence-corrected chi connectivity index (χ2v) is 9.58. The Balaban J connectivity index is 1.31. The lowest BCUT2D eigenvalue weighted by Gasteiger charge is -2.36. The highest BCUT2D eigenvalue weighted by Crippen LogP contribution is 2.33. The van der Waals surface area contributed by atoms with Crippen molar-refractivity contribution in [3.8, 4) is 0 Å². The van der Waals surface area contributed by atoms with Gasteiger partial charge in [-0.1, -0.05) is 18.2 Å². The van der Waals surface area contributed by atoms with E-state index in [1.165, 1.54) is 12.1 Å². The van der Waals surface area contributed by atoms with Gasteiger partial charge in [-0.05, 0) is 38.0 Å². The molecule has 0 aliphatic carbocycles. The minimum atomic E-state index is -2.88. The molecule has 2 aromatic carbocycles. The number of nitrogens with one attached hydrogen (secondary N) is 1. The van der Waals surface area contributed by atoms with Crippen molar-refractivity contribution in [2.24, 2.45) is 5.92 Å². The van der Waals surface area contributed by atoms with Gasteiger partial charge in [0, 0.05) is 48.7 Å². The molecule has 196 valence electrons. The molecule has 2 aliphatic rings. The molecule has 1 N–H and O–H groups in total. The lowest BCUT2D eigenvalue weighted by molar-refractivity contribution is -0.140. The average molecular weight is 514 g/mol. The Kier molecular flexibility index (Phi) is 7.45. The Morgan fingerprint density at radius 3 is 2.54 bits per heavy atom. The van der Waals surface area contributed by atoms with Crippen LogP contribution in [0.3, 0.4) is 0 Å². The van der Waals surface area contributed by atoms with Gasteiger partial charge in [0.05, 0.1) is 42.2 Å². The Labute approximate surface area is 213 Å². The van der Waals surface area contributed by atoms with E-state index in [1.807, 2.05) is 23.1 Å². The molecule has 10 heteroatoms. The van der Waals surface area contributed by atoms with Crippen molar-refractivity contribution < 1.29 is 22.7 Å². The summed E-state index contributed by atoms with van der Waals surface area (Å²) in [6.07, 6.45) is 0.242. The van der Waals surface area contributed by atoms with E-state index >= 15 is 0 Å². The molecule has 0 radical (unpaired) electrons. The summed E-state index contributed by atoms with van der Waals surface area (Å²) in [6, 6.07) is 9.35. The number of rotatable bonds is 6. The molecule has 3 aromatic rings. The standard InChI is InChI=1S/C27H30F3N5O2/c1-17(20-3-2-4-21(25(20)28)26(29)30)32-24-16-31-33-23-6-5-19(15-22(23)24)34-9-7-18(8-10-34)27(36)35-11-13-37-14-12-35/h2-6,15-18,26H,7-14H2,1H3,(H,32,33)/t17-/m1/s1. The van der Waals surface area contributed by atoms with Crippen molar-refractivity contribution >= 4 is 28.2 Å². The molecule has 0 spiro atoms. The van der Waals surface area contributed by atoms with Gasteiger partial charge in [-0.15, -0.1) is 0 Å². The third-order valence-electron chi connectivity index (χ3n) is 7.29. The van der Waals surface area contributed by atoms with Crippen LogP contribution in [0.4, 0.5) is 24.5 Å². The van der Waals surface area contributed by atoms with Gasteiger partial charge < -0.3 is 19.9 Å². The van der Waals surface area contributed by atoms with E-state index < -0.39 is 23.8 Å². The van der Waals surface area contributed by atoms with E-state index in [0.29, 0.717) is 37.5 Å². The van der Waals surface area contributed by atoms with E-state index in [0.717, 1.165) is 43.1 Å². The lowest BCUT2D eigenvalue weighted by atomic mass is 9.94. The van der Waals surface area contributed by atoms with Crippen LogP contribution in [0, 0.1) is 11.7 Å². The molecule has 3 heterocycles. The highest BCUT2D eigenvalue weighted by molar-refractivity contribution is 5.93. The summed E-state index contributed by atoms with van der Waals surface area (Å²) in [7, 11) is 0. The Bertz CT molecular complexity index is 1260. The quantitative estimate of drug-likeness (QED) is 0.503. The zero-order valence-corrected chi connectivity index (χ0v) is 20.7. The first-order chi connectivity index (χ1) is 17.9. The number of alkyl halides is 2. The number of aromatic nitrogens is 2. The number of fused-ring (bicyclic) bond motifs is 1. The predicted molar refractivity (Wildman–Crippen MR) is 135 cm³/mol. The van der Waals surface area contributed by atoms with Crippen molar-refractivity contribution in [1.29, 1.82) is 0 Å². The Morgan fingerprint density at radius 2 is 1.81 bits per heavy atom. The van der Waals surface area contributed by atoms with Gasteiger partial charge in [-0.25, -0.2) is 13.2 Å². The van der Waals surface area contributed by atoms with Crippen LogP contribution in [-0.4, -0.2) is 60.4 Å². The van der Waals surface area contributed by atoms with Crippen LogP contribution in [0.1, 0.15) is 43.4 Å². The first-order valence-corrected chi connectivity index (χ1v) is 12.6. The smallest absolute Gasteiger partial charge is 0.266 e. The molecule has 2 saturated heterocycles. The molecule has 2 aliphatic heterocycles. The summed E-state index contributed by atoms with van der Waals surface area (Å²) in [5, 5.41) is 12.3. The molecule has 0 unspecified atom stereocenters. The minimum absolute atomic E-state index is 0.0256. The highest BCUT2D eigenvalue weighted by atomic mass is 19.3. The monoisotopic (exact) mass is 513 g/mol. The van der Waals surface area contributed by atoms with Crippen molar-refractivity contribution in [3.05, 3.63) is 59.5 Å². The van der Waals surface area contributed by atoms with Crippen molar-refractivity contribution in [2.75, 3.05) is 49.6 Å². The van der Waals surface area contributed by atoms with Crippen LogP contribution in [0.5, 0.6) is 0 Å². The fraction of sp³-hybridized carbons (Fsp3) is 0.444. The molecule has 0 bridgehead atoms. The zero-order chi connectivity index (χ0) is 25.9. The van der Waals surface area contributed by atoms with Crippen LogP contribution in [-0.2, 0) is 9.53 Å². The summed E-state index contributed by atoms with van der Waals surface area (Å²) in [4.78, 5) is 17.0. The number of piperidine rings is 1. The number of benzene rings is 2. The van der Waals surface area contributed by atoms with E-state index in [1.54, 1.807) is 13.1 Å². The Hall–Kier alpha value is -3.40. The fourth-order valence-corrected chi connectivity index (χ4v) is 5.17. The first kappa shape index (κ1) is 25.3. The van der Waals surface area contributed by atoms with Gasteiger partial charge in [0.25, 0.3) is 6.43 Å². The van der Waals surface area contributed by atoms with Gasteiger partial charge >= 0.3 is 0 Å². The third kappa shape index (κ3) is 5.34. The number of morpholine rings is 1. The van der Waals surface area contributed by atoms with Crippen LogP contribution >= 0.6 is 0 Å². The van der Waals surface area contributed by atoms with Gasteiger partial charge in [0.2, 0.25) is 5.91 Å². The van der Waals surface area contributed by atoms with Gasteiger partial charge in [-0.2, -0.15) is 10.2 Å². The average Bonchev–Trinajstić information content (AvgIpc) is 2.93. The number of carbonyl (C=O) groups excluding carboxylic acids is 1. The molecule has 1 atom stereocenters. The van der Waals surface area contributed by atoms with Crippen LogP contribution in [0.15, 0.2) is 42.6 Å². The maximum atomic E-state index is 14.7. The zero-order valence-electron chi connectivity index (χ0n) is 20.7. The molecule has 37 heavy (non-hydrogen) atoms. The summed E-state index contributed by atoms with van der Waals surface area (Å²) in [5.74, 6) is -0.656. The number of hydrogen-bond donors (Lipinski definition) is 1. The summed E-state index contributed by atoms with van der Waals surface area (Å²) in [6.45, 7) is 5.77. The second-order valence-electron chi connectivity index (χ2n) is 9.58. The molecule has 1 aromatic heterocycles. The van der Waals surface area contributed by atoms with Gasteiger partial charge in [-0.3, -0.25) is 4.79 Å². The number of carbonyl (C=O) groups is 1. The SMILES string of the molecule is C[C@@H](Nc1cnnc2ccc(N3CCC(C(=O)N4CCOCC4)CC3)cc12)c1cccc(C(F)F)c1F. The summed E-state index contributed by atoms with van der Waals surface area (Å²) >= 11 is 0. The fourth-order valence-electron chi connectivity index (χ4n) is 5.17. The summed E-state index contributed by atoms with van der Waals surface area (Å²) in [5.41, 5.74) is 1.85. The van der Waals surface area contributed by atoms with E-state index in [4.69, 9.17) is 4.74 Å². The molecule has 5 rings (SSSR count). The summed E-state index contributed by atoms with van der Waals surface area (Å²) < 4.78 is 46.4. The number of anilines is 2. The normalized spacial score (nSPS) is 17.9. The maximum Gasteiger partial charge on any atom is 0.266 e. The first-order valence-electron chi connectivity index (χ1n) is 12.6. The molecule has 0 saturated carbocycles. The lowest BCUT2D eigenvalue weighted by Crippen LogP contribution is -2.46. The van der Waals surface area contributed by atoms with E-state index in [2.05, 4.69) is 20.4 Å². The number of halogens is 3. The maximum absolute atomic E-state index is 14.7. The molecular weight excluding hydrogens is 483 g/mol. The van der Waals surface area contributed by atoms with Crippen molar-refractivity contribution in [1.82, 2.24) is 15.1 Å². The van der Waals surface area contributed by atoms with Gasteiger partial charge in [0.15, 0.2) is 0 Å². The number of hydrogen-bond acceptors (Lipinski definition) is 6. The number of ether oxygens (including phenoxy) is 1. The van der Waals surface area contributed by atoms with E-state index in [-0.39, 0.29) is 17.4 Å². The largest absolute Gasteiger partial charge is 0.378 e.